The quantitative estimate of drug-likeness (QED) is 0.533. The van der Waals surface area contributed by atoms with Gasteiger partial charge in [0.25, 0.3) is 0 Å². The topological polar surface area (TPSA) is 82.9 Å². The van der Waals surface area contributed by atoms with Crippen LogP contribution in [0.5, 0.6) is 0 Å². The van der Waals surface area contributed by atoms with Gasteiger partial charge in [-0.15, -0.1) is 5.10 Å². The molecule has 0 radical (unpaired) electrons. The molecule has 0 unspecified atom stereocenters. The van der Waals surface area contributed by atoms with Crippen LogP contribution in [0.2, 0.25) is 0 Å². The van der Waals surface area contributed by atoms with Gasteiger partial charge in [-0.1, -0.05) is 0 Å². The van der Waals surface area contributed by atoms with Crippen molar-refractivity contribution in [3.8, 4) is 0 Å². The highest BCUT2D eigenvalue weighted by Crippen LogP contribution is 2.09. The number of aromatic amines is 1. The summed E-state index contributed by atoms with van der Waals surface area (Å²) in [4.78, 5) is 6.15. The Morgan fingerprint density at radius 1 is 1.67 bits per heavy atom. The van der Waals surface area contributed by atoms with Gasteiger partial charge < -0.3 is 16.0 Å². The van der Waals surface area contributed by atoms with E-state index in [2.05, 4.69) is 32.4 Å². The summed E-state index contributed by atoms with van der Waals surface area (Å²) in [5, 5.41) is 9.60. The van der Waals surface area contributed by atoms with Gasteiger partial charge in [-0.05, 0) is 7.05 Å². The summed E-state index contributed by atoms with van der Waals surface area (Å²) in [5.41, 5.74) is 5.36. The van der Waals surface area contributed by atoms with Crippen LogP contribution >= 0.6 is 0 Å². The predicted octanol–water partition coefficient (Wildman–Crippen LogP) is -0.887. The summed E-state index contributed by atoms with van der Waals surface area (Å²) in [6.07, 6.45) is 0. The molecule has 0 bridgehead atoms. The van der Waals surface area contributed by atoms with E-state index in [0.717, 1.165) is 13.1 Å². The van der Waals surface area contributed by atoms with E-state index in [1.807, 2.05) is 0 Å². The maximum Gasteiger partial charge on any atom is 0.243 e. The van der Waals surface area contributed by atoms with Crippen molar-refractivity contribution in [1.82, 2.24) is 20.1 Å². The van der Waals surface area contributed by atoms with E-state index in [1.54, 1.807) is 0 Å². The molecule has 0 spiro atoms. The lowest BCUT2D eigenvalue weighted by atomic mass is 10.1. The van der Waals surface area contributed by atoms with E-state index in [1.165, 1.54) is 0 Å². The second-order valence-electron chi connectivity index (χ2n) is 3.11. The number of hydrogen-bond acceptors (Lipinski definition) is 5. The molecule has 1 aliphatic heterocycles. The second kappa shape index (κ2) is 2.63. The Morgan fingerprint density at radius 3 is 2.92 bits per heavy atom. The van der Waals surface area contributed by atoms with Crippen LogP contribution in [0.3, 0.4) is 0 Å². The number of nitrogens with one attached hydrogen (secondary N) is 2. The smallest absolute Gasteiger partial charge is 0.243 e. The highest BCUT2D eigenvalue weighted by molar-refractivity contribution is 5.31. The molecular weight excluding hydrogens is 156 g/mol. The lowest BCUT2D eigenvalue weighted by molar-refractivity contribution is 0.204. The molecule has 2 heterocycles. The SMILES string of the molecule is CN1CC(Nc2n[nH]c(N)n2)C1. The third kappa shape index (κ3) is 1.33. The van der Waals surface area contributed by atoms with Crippen molar-refractivity contribution in [2.75, 3.05) is 31.2 Å². The van der Waals surface area contributed by atoms with Crippen LogP contribution in [-0.4, -0.2) is 46.3 Å². The monoisotopic (exact) mass is 168 g/mol. The fourth-order valence-corrected chi connectivity index (χ4v) is 1.31. The van der Waals surface area contributed by atoms with Crippen molar-refractivity contribution < 1.29 is 0 Å². The van der Waals surface area contributed by atoms with Crippen LogP contribution in [0.4, 0.5) is 11.9 Å². The minimum atomic E-state index is 0.352. The van der Waals surface area contributed by atoms with E-state index in [4.69, 9.17) is 5.73 Å². The Balaban J connectivity index is 1.88. The Labute approximate surface area is 70.2 Å². The van der Waals surface area contributed by atoms with Crippen molar-refractivity contribution >= 4 is 11.9 Å². The molecule has 6 heteroatoms. The number of anilines is 2. The molecule has 1 fully saturated rings. The van der Waals surface area contributed by atoms with Gasteiger partial charge >= 0.3 is 0 Å². The van der Waals surface area contributed by atoms with Crippen molar-refractivity contribution in [2.24, 2.45) is 0 Å². The highest BCUT2D eigenvalue weighted by Gasteiger charge is 2.23. The first-order chi connectivity index (χ1) is 5.74. The molecule has 1 aromatic rings. The summed E-state index contributed by atoms with van der Waals surface area (Å²) in [6, 6.07) is 0.463. The van der Waals surface area contributed by atoms with Crippen LogP contribution in [0.25, 0.3) is 0 Å². The van der Waals surface area contributed by atoms with Crippen LogP contribution in [0.15, 0.2) is 0 Å². The van der Waals surface area contributed by atoms with Crippen LogP contribution < -0.4 is 11.1 Å². The molecule has 4 N–H and O–H groups in total. The van der Waals surface area contributed by atoms with E-state index in [0.29, 0.717) is 17.9 Å². The molecule has 12 heavy (non-hydrogen) atoms. The van der Waals surface area contributed by atoms with Crippen LogP contribution in [0.1, 0.15) is 0 Å². The fraction of sp³-hybridized carbons (Fsp3) is 0.667. The fourth-order valence-electron chi connectivity index (χ4n) is 1.31. The molecule has 1 aliphatic rings. The Bertz CT molecular complexity index is 263. The Morgan fingerprint density at radius 2 is 2.42 bits per heavy atom. The first-order valence-electron chi connectivity index (χ1n) is 3.87. The van der Waals surface area contributed by atoms with Crippen LogP contribution in [-0.2, 0) is 0 Å². The third-order valence-electron chi connectivity index (χ3n) is 1.90. The molecule has 0 aliphatic carbocycles. The van der Waals surface area contributed by atoms with Gasteiger partial charge in [0.15, 0.2) is 0 Å². The maximum atomic E-state index is 5.36. The molecule has 0 saturated carbocycles. The molecule has 0 amide bonds. The normalized spacial score (nSPS) is 19.1. The number of likely N-dealkylation sites (tertiary alicyclic amines) is 1. The van der Waals surface area contributed by atoms with Crippen molar-refractivity contribution in [1.29, 1.82) is 0 Å². The van der Waals surface area contributed by atoms with Gasteiger partial charge in [0, 0.05) is 13.1 Å². The summed E-state index contributed by atoms with van der Waals surface area (Å²) < 4.78 is 0. The molecule has 0 atom stereocenters. The molecule has 66 valence electrons. The van der Waals surface area contributed by atoms with Crippen LogP contribution in [0, 0.1) is 0 Å². The highest BCUT2D eigenvalue weighted by atomic mass is 15.3. The maximum absolute atomic E-state index is 5.36. The number of likely N-dealkylation sites (N-methyl/N-ethyl adjacent to an activating group) is 1. The predicted molar refractivity (Wildman–Crippen MR) is 45.7 cm³/mol. The van der Waals surface area contributed by atoms with Crippen molar-refractivity contribution in [2.45, 2.75) is 6.04 Å². The number of H-pyrrole nitrogens is 1. The molecule has 1 aromatic heterocycles. The minimum Gasteiger partial charge on any atom is -0.368 e. The minimum absolute atomic E-state index is 0.352. The average molecular weight is 168 g/mol. The van der Waals surface area contributed by atoms with Crippen molar-refractivity contribution in [3.05, 3.63) is 0 Å². The molecule has 6 nitrogen and oxygen atoms in total. The Hall–Kier alpha value is -1.30. The summed E-state index contributed by atoms with van der Waals surface area (Å²) in [5.74, 6) is 0.941. The van der Waals surface area contributed by atoms with Gasteiger partial charge in [-0.2, -0.15) is 4.98 Å². The number of nitrogens with zero attached hydrogens (tertiary/aromatic N) is 3. The Kier molecular flexibility index (Phi) is 1.61. The van der Waals surface area contributed by atoms with E-state index < -0.39 is 0 Å². The van der Waals surface area contributed by atoms with Gasteiger partial charge in [0.05, 0.1) is 6.04 Å². The zero-order chi connectivity index (χ0) is 8.55. The van der Waals surface area contributed by atoms with Gasteiger partial charge in [0.1, 0.15) is 0 Å². The first kappa shape index (κ1) is 7.35. The summed E-state index contributed by atoms with van der Waals surface area (Å²) >= 11 is 0. The number of aromatic nitrogens is 3. The molecule has 1 saturated heterocycles. The molecule has 0 aromatic carbocycles. The standard InChI is InChI=1S/C6H12N6/c1-12-2-4(3-12)8-6-9-5(7)10-11-6/h4H,2-3H2,1H3,(H4,7,8,9,10,11). The van der Waals surface area contributed by atoms with Gasteiger partial charge in [0.2, 0.25) is 11.9 Å². The number of rotatable bonds is 2. The zero-order valence-corrected chi connectivity index (χ0v) is 6.91. The molecule has 2 rings (SSSR count). The zero-order valence-electron chi connectivity index (χ0n) is 6.91. The van der Waals surface area contributed by atoms with Gasteiger partial charge in [-0.25, -0.2) is 5.10 Å². The molecular formula is C6H12N6. The largest absolute Gasteiger partial charge is 0.368 e. The second-order valence-corrected chi connectivity index (χ2v) is 3.11. The lowest BCUT2D eigenvalue weighted by Crippen LogP contribution is -2.52. The number of hydrogen-bond donors (Lipinski definition) is 3. The number of nitrogen functional groups attached to an aromatic ring is 1. The third-order valence-corrected chi connectivity index (χ3v) is 1.90. The average Bonchev–Trinajstić information content (AvgIpc) is 2.33. The van der Waals surface area contributed by atoms with E-state index in [9.17, 15) is 0 Å². The first-order valence-corrected chi connectivity index (χ1v) is 3.87. The lowest BCUT2D eigenvalue weighted by Gasteiger charge is -2.36. The number of nitrogens with two attached hydrogens (primary N) is 1. The summed E-state index contributed by atoms with van der Waals surface area (Å²) in [6.45, 7) is 2.07. The van der Waals surface area contributed by atoms with Gasteiger partial charge in [-0.3, -0.25) is 0 Å². The van der Waals surface area contributed by atoms with E-state index in [-0.39, 0.29) is 0 Å². The van der Waals surface area contributed by atoms with E-state index >= 15 is 0 Å². The van der Waals surface area contributed by atoms with Crippen molar-refractivity contribution in [3.63, 3.8) is 0 Å². The summed E-state index contributed by atoms with van der Waals surface area (Å²) in [7, 11) is 2.07.